The Labute approximate surface area is 89.3 Å². The molecule has 0 saturated heterocycles. The lowest BCUT2D eigenvalue weighted by molar-refractivity contribution is -0.392. The minimum atomic E-state index is -6.03. The fraction of sp³-hybridized carbons (Fsp3) is 0.800. The van der Waals surface area contributed by atoms with Crippen molar-refractivity contribution >= 4 is 5.97 Å². The first-order valence-corrected chi connectivity index (χ1v) is 3.64. The Bertz CT molecular complexity index is 288. The number of nitroso groups, excluding NO2 is 1. The second kappa shape index (κ2) is 4.73. The van der Waals surface area contributed by atoms with Crippen molar-refractivity contribution in [3.63, 3.8) is 0 Å². The van der Waals surface area contributed by atoms with E-state index in [1.807, 2.05) is 0 Å². The molecular weight excluding hydrogens is 264 g/mol. The highest BCUT2D eigenvalue weighted by Gasteiger charge is 2.61. The van der Waals surface area contributed by atoms with Gasteiger partial charge in [-0.3, -0.25) is 0 Å². The van der Waals surface area contributed by atoms with E-state index in [4.69, 9.17) is 5.11 Å². The molecule has 17 heavy (non-hydrogen) atoms. The van der Waals surface area contributed by atoms with E-state index in [-0.39, 0.29) is 0 Å². The number of likely N-dealkylation sites (N-methyl/N-ethyl adjacent to an activating group) is 1. The molecular formula is C5H5F6N3O3. The number of rotatable bonds is 4. The molecule has 0 aromatic rings. The van der Waals surface area contributed by atoms with Crippen LogP contribution in [0.15, 0.2) is 5.29 Å². The number of carboxylic acids is 1. The first kappa shape index (κ1) is 15.4. The third-order valence-electron chi connectivity index (χ3n) is 1.49. The van der Waals surface area contributed by atoms with Crippen LogP contribution in [0.5, 0.6) is 0 Å². The van der Waals surface area contributed by atoms with Crippen molar-refractivity contribution < 1.29 is 36.2 Å². The van der Waals surface area contributed by atoms with E-state index < -0.39 is 34.6 Å². The van der Waals surface area contributed by atoms with E-state index in [0.29, 0.717) is 7.05 Å². The summed E-state index contributed by atoms with van der Waals surface area (Å²) in [6.45, 7) is 0. The van der Waals surface area contributed by atoms with Gasteiger partial charge in [0.25, 0.3) is 0 Å². The SMILES string of the molecule is CN(N=O)C(C(=O)O)N(C(F)(F)F)C(F)(F)F. The number of hydrogen-bond donors (Lipinski definition) is 1. The van der Waals surface area contributed by atoms with Gasteiger partial charge in [-0.2, -0.15) is 26.3 Å². The Hall–Kier alpha value is -1.59. The van der Waals surface area contributed by atoms with Crippen molar-refractivity contribution in [2.75, 3.05) is 7.05 Å². The van der Waals surface area contributed by atoms with Gasteiger partial charge < -0.3 is 5.11 Å². The lowest BCUT2D eigenvalue weighted by atomic mass is 10.4. The van der Waals surface area contributed by atoms with Crippen LogP contribution >= 0.6 is 0 Å². The number of alkyl halides is 6. The largest absolute Gasteiger partial charge is 0.479 e. The molecule has 0 fully saturated rings. The molecule has 12 heteroatoms. The second-order valence-corrected chi connectivity index (χ2v) is 2.67. The summed E-state index contributed by atoms with van der Waals surface area (Å²) in [5.41, 5.74) is 0. The summed E-state index contributed by atoms with van der Waals surface area (Å²) in [4.78, 5) is 18.0. The molecule has 0 saturated carbocycles. The summed E-state index contributed by atoms with van der Waals surface area (Å²) in [5.74, 6) is -2.53. The molecule has 0 rings (SSSR count). The van der Waals surface area contributed by atoms with Gasteiger partial charge in [0.05, 0.1) is 5.29 Å². The van der Waals surface area contributed by atoms with E-state index in [1.54, 1.807) is 5.29 Å². The van der Waals surface area contributed by atoms with E-state index in [9.17, 15) is 36.0 Å². The summed E-state index contributed by atoms with van der Waals surface area (Å²) in [7, 11) is 0.371. The Morgan fingerprint density at radius 1 is 1.18 bits per heavy atom. The van der Waals surface area contributed by atoms with Gasteiger partial charge in [-0.25, -0.2) is 9.80 Å². The van der Waals surface area contributed by atoms with Crippen LogP contribution in [0.2, 0.25) is 0 Å². The average Bonchev–Trinajstić information content (AvgIpc) is 2.07. The minimum Gasteiger partial charge on any atom is -0.479 e. The van der Waals surface area contributed by atoms with E-state index in [2.05, 4.69) is 0 Å². The monoisotopic (exact) mass is 269 g/mol. The van der Waals surface area contributed by atoms with Gasteiger partial charge in [-0.05, 0) is 0 Å². The predicted molar refractivity (Wildman–Crippen MR) is 38.9 cm³/mol. The molecule has 1 N–H and O–H groups in total. The molecule has 0 aliphatic rings. The second-order valence-electron chi connectivity index (χ2n) is 2.67. The predicted octanol–water partition coefficient (Wildman–Crippen LogP) is 1.35. The zero-order valence-electron chi connectivity index (χ0n) is 7.95. The van der Waals surface area contributed by atoms with Crippen LogP contribution in [0.1, 0.15) is 0 Å². The highest BCUT2D eigenvalue weighted by atomic mass is 19.4. The van der Waals surface area contributed by atoms with Crippen LogP contribution in [-0.2, 0) is 4.79 Å². The number of carboxylic acid groups (broad SMARTS) is 1. The van der Waals surface area contributed by atoms with Gasteiger partial charge in [-0.15, -0.1) is 4.91 Å². The number of nitrogens with zero attached hydrogens (tertiary/aromatic N) is 3. The molecule has 0 bridgehead atoms. The fourth-order valence-electron chi connectivity index (χ4n) is 0.903. The molecule has 0 amide bonds. The van der Waals surface area contributed by atoms with Crippen molar-refractivity contribution in [3.05, 3.63) is 4.91 Å². The minimum absolute atomic E-state index is 0.371. The molecule has 0 aliphatic carbocycles. The molecule has 1 atom stereocenters. The van der Waals surface area contributed by atoms with E-state index in [1.165, 1.54) is 0 Å². The highest BCUT2D eigenvalue weighted by Crippen LogP contribution is 2.36. The lowest BCUT2D eigenvalue weighted by Gasteiger charge is -2.33. The molecule has 0 radical (unpaired) electrons. The van der Waals surface area contributed by atoms with Crippen LogP contribution in [-0.4, -0.2) is 46.8 Å². The first-order chi connectivity index (χ1) is 7.42. The van der Waals surface area contributed by atoms with Gasteiger partial charge in [-0.1, -0.05) is 4.90 Å². The Morgan fingerprint density at radius 2 is 1.53 bits per heavy atom. The molecule has 6 nitrogen and oxygen atoms in total. The molecule has 100 valence electrons. The Morgan fingerprint density at radius 3 is 1.71 bits per heavy atom. The standard InChI is InChI=1S/C5H5F6N3O3/c1-13(12-17)2(3(15)16)14(4(6,7)8)5(9,10)11/h2H,1H3,(H,15,16). The smallest absolute Gasteiger partial charge is 0.469 e. The summed E-state index contributed by atoms with van der Waals surface area (Å²) in [5, 5.41) is 9.50. The zero-order chi connectivity index (χ0) is 14.0. The number of carbonyl (C=O) groups is 1. The van der Waals surface area contributed by atoms with Crippen molar-refractivity contribution in [2.45, 2.75) is 18.8 Å². The van der Waals surface area contributed by atoms with Crippen molar-refractivity contribution in [1.82, 2.24) is 9.91 Å². The lowest BCUT2D eigenvalue weighted by Crippen LogP contribution is -2.61. The molecule has 0 heterocycles. The molecule has 0 aliphatic heterocycles. The third kappa shape index (κ3) is 3.72. The Balaban J connectivity index is 5.55. The van der Waals surface area contributed by atoms with Crippen LogP contribution in [0.25, 0.3) is 0 Å². The molecule has 1 unspecified atom stereocenters. The van der Waals surface area contributed by atoms with Gasteiger partial charge in [0.2, 0.25) is 6.17 Å². The normalized spacial score (nSPS) is 14.6. The van der Waals surface area contributed by atoms with Crippen molar-refractivity contribution in [1.29, 1.82) is 0 Å². The summed E-state index contributed by atoms with van der Waals surface area (Å²) in [6.07, 6.45) is -15.4. The maximum atomic E-state index is 12.1. The molecule has 0 spiro atoms. The zero-order valence-corrected chi connectivity index (χ0v) is 7.95. The maximum Gasteiger partial charge on any atom is 0.469 e. The number of hydrogen-bond acceptors (Lipinski definition) is 4. The van der Waals surface area contributed by atoms with E-state index >= 15 is 0 Å². The van der Waals surface area contributed by atoms with Crippen LogP contribution in [0, 0.1) is 4.91 Å². The third-order valence-corrected chi connectivity index (χ3v) is 1.49. The summed E-state index contributed by atoms with van der Waals surface area (Å²) in [6, 6.07) is 0. The average molecular weight is 269 g/mol. The quantitative estimate of drug-likeness (QED) is 0.274. The van der Waals surface area contributed by atoms with Crippen molar-refractivity contribution in [2.24, 2.45) is 5.29 Å². The number of aliphatic carboxylic acids is 1. The topological polar surface area (TPSA) is 73.2 Å². The van der Waals surface area contributed by atoms with Gasteiger partial charge in [0, 0.05) is 7.05 Å². The maximum absolute atomic E-state index is 12.1. The van der Waals surface area contributed by atoms with E-state index in [0.717, 1.165) is 0 Å². The van der Waals surface area contributed by atoms with Crippen LogP contribution < -0.4 is 0 Å². The van der Waals surface area contributed by atoms with Crippen LogP contribution in [0.4, 0.5) is 26.3 Å². The van der Waals surface area contributed by atoms with Crippen LogP contribution in [0.3, 0.4) is 0 Å². The first-order valence-electron chi connectivity index (χ1n) is 3.64. The highest BCUT2D eigenvalue weighted by molar-refractivity contribution is 5.73. The van der Waals surface area contributed by atoms with Gasteiger partial charge in [0.1, 0.15) is 0 Å². The summed E-state index contributed by atoms with van der Waals surface area (Å²) < 4.78 is 72.6. The van der Waals surface area contributed by atoms with Crippen molar-refractivity contribution in [3.8, 4) is 0 Å². The summed E-state index contributed by atoms with van der Waals surface area (Å²) >= 11 is 0. The molecule has 0 aromatic carbocycles. The number of halogens is 6. The van der Waals surface area contributed by atoms with Gasteiger partial charge >= 0.3 is 18.6 Å². The Kier molecular flexibility index (Phi) is 4.29. The molecule has 0 aromatic heterocycles. The fourth-order valence-corrected chi connectivity index (χ4v) is 0.903. The van der Waals surface area contributed by atoms with Gasteiger partial charge in [0.15, 0.2) is 0 Å².